The molecule has 4 aromatic rings. The van der Waals surface area contributed by atoms with Crippen LogP contribution in [0.4, 0.5) is 5.13 Å². The van der Waals surface area contributed by atoms with Gasteiger partial charge in [0, 0.05) is 25.5 Å². The van der Waals surface area contributed by atoms with Gasteiger partial charge in [-0.1, -0.05) is 41.2 Å². The Kier molecular flexibility index (Phi) is 6.18. The van der Waals surface area contributed by atoms with Gasteiger partial charge in [-0.2, -0.15) is 0 Å². The molecule has 31 heavy (non-hydrogen) atoms. The average Bonchev–Trinajstić information content (AvgIpc) is 3.40. The van der Waals surface area contributed by atoms with Gasteiger partial charge in [-0.05, 0) is 62.4 Å². The summed E-state index contributed by atoms with van der Waals surface area (Å²) in [6.07, 6.45) is 6.76. The van der Waals surface area contributed by atoms with Crippen LogP contribution in [0.3, 0.4) is 0 Å². The van der Waals surface area contributed by atoms with E-state index in [0.29, 0.717) is 13.0 Å². The van der Waals surface area contributed by atoms with Crippen molar-refractivity contribution < 1.29 is 4.79 Å². The Morgan fingerprint density at radius 3 is 2.68 bits per heavy atom. The van der Waals surface area contributed by atoms with Crippen LogP contribution in [0.1, 0.15) is 34.2 Å². The van der Waals surface area contributed by atoms with Crippen molar-refractivity contribution in [2.45, 2.75) is 47.1 Å². The van der Waals surface area contributed by atoms with Crippen LogP contribution in [0.5, 0.6) is 0 Å². The topological polar surface area (TPSA) is 51.0 Å². The number of anilines is 1. The van der Waals surface area contributed by atoms with Crippen LogP contribution >= 0.6 is 11.3 Å². The van der Waals surface area contributed by atoms with E-state index in [0.717, 1.165) is 39.4 Å². The standard InChI is InChI=1S/C25H28N4OS/c1-17-6-8-21(19(3)14-17)15-23(30)29(12-5-11-28-13-10-26-16-28)25-27-24-20(4)18(2)7-9-22(24)31-25/h6-10,13-14,16H,5,11-12,15H2,1-4H3. The molecule has 2 aromatic heterocycles. The van der Waals surface area contributed by atoms with E-state index < -0.39 is 0 Å². The molecule has 0 aliphatic carbocycles. The number of hydrogen-bond acceptors (Lipinski definition) is 4. The maximum Gasteiger partial charge on any atom is 0.233 e. The van der Waals surface area contributed by atoms with Crippen molar-refractivity contribution in [3.8, 4) is 0 Å². The summed E-state index contributed by atoms with van der Waals surface area (Å²) in [5.41, 5.74) is 6.84. The summed E-state index contributed by atoms with van der Waals surface area (Å²) >= 11 is 1.60. The van der Waals surface area contributed by atoms with Crippen molar-refractivity contribution in [3.63, 3.8) is 0 Å². The average molecular weight is 433 g/mol. The van der Waals surface area contributed by atoms with E-state index in [1.54, 1.807) is 17.5 Å². The highest BCUT2D eigenvalue weighted by Gasteiger charge is 2.21. The molecule has 0 N–H and O–H groups in total. The first-order valence-corrected chi connectivity index (χ1v) is 11.4. The SMILES string of the molecule is Cc1ccc(CC(=O)N(CCCn2ccnc2)c2nc3c(C)c(C)ccc3s2)c(C)c1. The predicted molar refractivity (Wildman–Crippen MR) is 128 cm³/mol. The lowest BCUT2D eigenvalue weighted by Crippen LogP contribution is -2.33. The Bertz CT molecular complexity index is 1210. The molecule has 5 nitrogen and oxygen atoms in total. The molecule has 1 amide bonds. The molecule has 2 aromatic carbocycles. The number of aromatic nitrogens is 3. The highest BCUT2D eigenvalue weighted by Crippen LogP contribution is 2.32. The molecule has 0 radical (unpaired) electrons. The minimum Gasteiger partial charge on any atom is -0.337 e. The molecular formula is C25H28N4OS. The lowest BCUT2D eigenvalue weighted by atomic mass is 10.0. The normalized spacial score (nSPS) is 11.2. The largest absolute Gasteiger partial charge is 0.337 e. The number of fused-ring (bicyclic) bond motifs is 1. The molecule has 0 aliphatic rings. The van der Waals surface area contributed by atoms with E-state index in [-0.39, 0.29) is 5.91 Å². The number of amides is 1. The number of aryl methyl sites for hydroxylation is 5. The van der Waals surface area contributed by atoms with Gasteiger partial charge in [0.05, 0.1) is 23.0 Å². The third-order valence-electron chi connectivity index (χ3n) is 5.80. The number of carbonyl (C=O) groups excluding carboxylic acids is 1. The molecule has 0 aliphatic heterocycles. The molecule has 0 unspecified atom stereocenters. The Labute approximate surface area is 187 Å². The zero-order chi connectivity index (χ0) is 22.0. The van der Waals surface area contributed by atoms with Crippen LogP contribution in [0.2, 0.25) is 0 Å². The minimum atomic E-state index is 0.0889. The van der Waals surface area contributed by atoms with E-state index in [1.165, 1.54) is 16.7 Å². The molecule has 0 spiro atoms. The quantitative estimate of drug-likeness (QED) is 0.393. The third-order valence-corrected chi connectivity index (χ3v) is 6.85. The van der Waals surface area contributed by atoms with Crippen molar-refractivity contribution in [1.29, 1.82) is 0 Å². The van der Waals surface area contributed by atoms with E-state index in [1.807, 2.05) is 22.0 Å². The molecule has 4 rings (SSSR count). The first kappa shape index (κ1) is 21.2. The number of rotatable bonds is 7. The van der Waals surface area contributed by atoms with Crippen LogP contribution in [0, 0.1) is 27.7 Å². The Hall–Kier alpha value is -2.99. The fourth-order valence-corrected chi connectivity index (χ4v) is 4.86. The summed E-state index contributed by atoms with van der Waals surface area (Å²) in [6, 6.07) is 10.5. The molecule has 0 bridgehead atoms. The Morgan fingerprint density at radius 1 is 1.10 bits per heavy atom. The molecule has 0 fully saturated rings. The van der Waals surface area contributed by atoms with Crippen molar-refractivity contribution in [2.75, 3.05) is 11.4 Å². The molecule has 160 valence electrons. The fourth-order valence-electron chi connectivity index (χ4n) is 3.79. The zero-order valence-corrected chi connectivity index (χ0v) is 19.4. The van der Waals surface area contributed by atoms with Crippen molar-refractivity contribution in [1.82, 2.24) is 14.5 Å². The van der Waals surface area contributed by atoms with E-state index in [2.05, 4.69) is 63.0 Å². The number of thiazole rings is 1. The first-order chi connectivity index (χ1) is 14.9. The Balaban J connectivity index is 1.61. The van der Waals surface area contributed by atoms with Crippen molar-refractivity contribution >= 4 is 32.6 Å². The zero-order valence-electron chi connectivity index (χ0n) is 18.6. The lowest BCUT2D eigenvalue weighted by molar-refractivity contribution is -0.118. The minimum absolute atomic E-state index is 0.0889. The van der Waals surface area contributed by atoms with Gasteiger partial charge < -0.3 is 4.57 Å². The Morgan fingerprint density at radius 2 is 1.94 bits per heavy atom. The summed E-state index contributed by atoms with van der Waals surface area (Å²) < 4.78 is 3.16. The number of imidazole rings is 1. The van der Waals surface area contributed by atoms with Gasteiger partial charge in [0.1, 0.15) is 0 Å². The fraction of sp³-hybridized carbons (Fsp3) is 0.320. The van der Waals surface area contributed by atoms with Crippen LogP contribution in [-0.4, -0.2) is 27.0 Å². The van der Waals surface area contributed by atoms with Crippen LogP contribution < -0.4 is 4.90 Å². The maximum atomic E-state index is 13.4. The van der Waals surface area contributed by atoms with Gasteiger partial charge in [-0.3, -0.25) is 9.69 Å². The van der Waals surface area contributed by atoms with Crippen molar-refractivity contribution in [2.24, 2.45) is 0 Å². The highest BCUT2D eigenvalue weighted by molar-refractivity contribution is 7.22. The van der Waals surface area contributed by atoms with Gasteiger partial charge in [-0.15, -0.1) is 0 Å². The number of nitrogens with zero attached hydrogens (tertiary/aromatic N) is 4. The van der Waals surface area contributed by atoms with E-state index >= 15 is 0 Å². The summed E-state index contributed by atoms with van der Waals surface area (Å²) in [7, 11) is 0. The van der Waals surface area contributed by atoms with Gasteiger partial charge in [-0.25, -0.2) is 9.97 Å². The number of carbonyl (C=O) groups is 1. The summed E-state index contributed by atoms with van der Waals surface area (Å²) in [5, 5.41) is 0.782. The highest BCUT2D eigenvalue weighted by atomic mass is 32.1. The van der Waals surface area contributed by atoms with Crippen molar-refractivity contribution in [3.05, 3.63) is 76.9 Å². The van der Waals surface area contributed by atoms with Crippen LogP contribution in [0.25, 0.3) is 10.2 Å². The smallest absolute Gasteiger partial charge is 0.233 e. The van der Waals surface area contributed by atoms with Gasteiger partial charge in [0.15, 0.2) is 5.13 Å². The van der Waals surface area contributed by atoms with Gasteiger partial charge >= 0.3 is 0 Å². The van der Waals surface area contributed by atoms with Gasteiger partial charge in [0.25, 0.3) is 0 Å². The van der Waals surface area contributed by atoms with Gasteiger partial charge in [0.2, 0.25) is 5.91 Å². The lowest BCUT2D eigenvalue weighted by Gasteiger charge is -2.20. The number of hydrogen-bond donors (Lipinski definition) is 0. The van der Waals surface area contributed by atoms with E-state index in [4.69, 9.17) is 4.98 Å². The molecule has 0 saturated heterocycles. The molecule has 2 heterocycles. The second-order valence-electron chi connectivity index (χ2n) is 8.16. The maximum absolute atomic E-state index is 13.4. The van der Waals surface area contributed by atoms with Crippen LogP contribution in [0.15, 0.2) is 49.1 Å². The molecule has 0 atom stereocenters. The summed E-state index contributed by atoms with van der Waals surface area (Å²) in [6.45, 7) is 9.79. The first-order valence-electron chi connectivity index (χ1n) is 10.6. The molecular weight excluding hydrogens is 404 g/mol. The van der Waals surface area contributed by atoms with Crippen LogP contribution in [-0.2, 0) is 17.8 Å². The third kappa shape index (κ3) is 4.69. The monoisotopic (exact) mass is 432 g/mol. The second-order valence-corrected chi connectivity index (χ2v) is 9.17. The summed E-state index contributed by atoms with van der Waals surface area (Å²) in [4.78, 5) is 24.3. The number of benzene rings is 2. The van der Waals surface area contributed by atoms with E-state index in [9.17, 15) is 4.79 Å². The molecule has 0 saturated carbocycles. The molecule has 6 heteroatoms. The second kappa shape index (κ2) is 9.02. The predicted octanol–water partition coefficient (Wildman–Crippen LogP) is 5.39. The summed E-state index contributed by atoms with van der Waals surface area (Å²) in [5.74, 6) is 0.0889.